The van der Waals surface area contributed by atoms with Crippen molar-refractivity contribution in [1.29, 1.82) is 5.26 Å². The maximum Gasteiger partial charge on any atom is 0.210 e. The zero-order chi connectivity index (χ0) is 11.3. The van der Waals surface area contributed by atoms with Gasteiger partial charge in [0.25, 0.3) is 0 Å². The summed E-state index contributed by atoms with van der Waals surface area (Å²) in [5.41, 5.74) is 1.09. The lowest BCUT2D eigenvalue weighted by atomic mass is 10.2. The number of para-hydroxylation sites is 1. The minimum atomic E-state index is -3.46. The van der Waals surface area contributed by atoms with E-state index in [1.54, 1.807) is 24.3 Å². The average molecular weight is 225 g/mol. The lowest BCUT2D eigenvalue weighted by Crippen LogP contribution is -2.22. The number of primary sulfonamides is 1. The van der Waals surface area contributed by atoms with Crippen LogP contribution in [0.25, 0.3) is 0 Å². The van der Waals surface area contributed by atoms with Gasteiger partial charge in [-0.05, 0) is 12.1 Å². The number of sulfonamides is 1. The number of nitrogens with one attached hydrogen (secondary N) is 1. The molecule has 0 radical (unpaired) electrons. The molecule has 0 unspecified atom stereocenters. The minimum absolute atomic E-state index is 0.160. The Morgan fingerprint density at radius 3 is 2.67 bits per heavy atom. The van der Waals surface area contributed by atoms with Gasteiger partial charge in [0.1, 0.15) is 6.07 Å². The van der Waals surface area contributed by atoms with Crippen LogP contribution in [-0.2, 0) is 10.0 Å². The van der Waals surface area contributed by atoms with Crippen molar-refractivity contribution in [3.63, 3.8) is 0 Å². The third-order valence-electron chi connectivity index (χ3n) is 1.75. The van der Waals surface area contributed by atoms with E-state index in [1.165, 1.54) is 0 Å². The summed E-state index contributed by atoms with van der Waals surface area (Å²) in [5, 5.41) is 16.4. The van der Waals surface area contributed by atoms with Crippen molar-refractivity contribution in [1.82, 2.24) is 0 Å². The Bertz CT molecular complexity index is 476. The van der Waals surface area contributed by atoms with Crippen LogP contribution in [-0.4, -0.2) is 20.7 Å². The third kappa shape index (κ3) is 3.97. The molecule has 6 heteroatoms. The molecule has 0 saturated heterocycles. The fraction of sp³-hybridized carbons (Fsp3) is 0.222. The van der Waals surface area contributed by atoms with Gasteiger partial charge in [-0.1, -0.05) is 12.1 Å². The molecule has 0 fully saturated rings. The molecule has 1 rings (SSSR count). The molecule has 3 N–H and O–H groups in total. The quantitative estimate of drug-likeness (QED) is 0.768. The zero-order valence-corrected chi connectivity index (χ0v) is 8.79. The molecule has 0 amide bonds. The van der Waals surface area contributed by atoms with Gasteiger partial charge < -0.3 is 5.32 Å². The highest BCUT2D eigenvalue weighted by Gasteiger charge is 2.03. The van der Waals surface area contributed by atoms with Crippen LogP contribution < -0.4 is 10.5 Å². The number of hydrogen-bond acceptors (Lipinski definition) is 4. The van der Waals surface area contributed by atoms with Gasteiger partial charge in [0.05, 0.1) is 17.0 Å². The number of benzene rings is 1. The number of nitrogens with zero attached hydrogens (tertiary/aromatic N) is 1. The highest BCUT2D eigenvalue weighted by molar-refractivity contribution is 7.89. The predicted octanol–water partition coefficient (Wildman–Crippen LogP) is 0.259. The van der Waals surface area contributed by atoms with E-state index in [4.69, 9.17) is 10.4 Å². The van der Waals surface area contributed by atoms with Crippen LogP contribution >= 0.6 is 0 Å². The Morgan fingerprint density at radius 2 is 2.07 bits per heavy atom. The van der Waals surface area contributed by atoms with Crippen LogP contribution in [0.15, 0.2) is 24.3 Å². The molecule has 0 aliphatic carbocycles. The summed E-state index contributed by atoms with van der Waals surface area (Å²) in [5.74, 6) is -0.160. The Labute approximate surface area is 88.6 Å². The van der Waals surface area contributed by atoms with Crippen molar-refractivity contribution in [3.8, 4) is 6.07 Å². The molecule has 5 nitrogen and oxygen atoms in total. The maximum atomic E-state index is 10.6. The van der Waals surface area contributed by atoms with Crippen LogP contribution in [0.4, 0.5) is 5.69 Å². The van der Waals surface area contributed by atoms with Crippen molar-refractivity contribution in [3.05, 3.63) is 29.8 Å². The minimum Gasteiger partial charge on any atom is -0.383 e. The van der Waals surface area contributed by atoms with Crippen molar-refractivity contribution in [2.24, 2.45) is 5.14 Å². The van der Waals surface area contributed by atoms with Gasteiger partial charge in [0, 0.05) is 6.54 Å². The van der Waals surface area contributed by atoms with Crippen LogP contribution in [0.2, 0.25) is 0 Å². The predicted molar refractivity (Wildman–Crippen MR) is 57.6 cm³/mol. The van der Waals surface area contributed by atoms with Gasteiger partial charge >= 0.3 is 0 Å². The summed E-state index contributed by atoms with van der Waals surface area (Å²) < 4.78 is 21.3. The topological polar surface area (TPSA) is 96.0 Å². The van der Waals surface area contributed by atoms with Crippen molar-refractivity contribution < 1.29 is 8.42 Å². The fourth-order valence-electron chi connectivity index (χ4n) is 1.06. The molecule has 0 aromatic heterocycles. The summed E-state index contributed by atoms with van der Waals surface area (Å²) in [6.45, 7) is 0.192. The van der Waals surface area contributed by atoms with Crippen LogP contribution in [0.5, 0.6) is 0 Å². The first-order valence-corrected chi connectivity index (χ1v) is 5.98. The molecular formula is C9H11N3O2S. The first-order valence-electron chi connectivity index (χ1n) is 4.26. The smallest absolute Gasteiger partial charge is 0.210 e. The molecule has 15 heavy (non-hydrogen) atoms. The Hall–Kier alpha value is -1.58. The van der Waals surface area contributed by atoms with E-state index in [0.717, 1.165) is 0 Å². The molecule has 1 aromatic carbocycles. The molecular weight excluding hydrogens is 214 g/mol. The number of hydrogen-bond donors (Lipinski definition) is 2. The summed E-state index contributed by atoms with van der Waals surface area (Å²) in [7, 11) is -3.46. The van der Waals surface area contributed by atoms with Gasteiger partial charge in [0.15, 0.2) is 0 Å². The first-order chi connectivity index (χ1) is 7.03. The molecule has 80 valence electrons. The lowest BCUT2D eigenvalue weighted by Gasteiger charge is -2.06. The second-order valence-corrected chi connectivity index (χ2v) is 4.69. The van der Waals surface area contributed by atoms with E-state index in [1.807, 2.05) is 6.07 Å². The van der Waals surface area contributed by atoms with Gasteiger partial charge in [0.2, 0.25) is 10.0 Å². The first kappa shape index (κ1) is 11.5. The Kier molecular flexibility index (Phi) is 3.66. The van der Waals surface area contributed by atoms with Crippen molar-refractivity contribution >= 4 is 15.7 Å². The number of nitrogens with two attached hydrogens (primary N) is 1. The van der Waals surface area contributed by atoms with E-state index in [0.29, 0.717) is 11.3 Å². The lowest BCUT2D eigenvalue weighted by molar-refractivity contribution is 0.598. The second-order valence-electron chi connectivity index (χ2n) is 2.95. The molecule has 0 heterocycles. The zero-order valence-electron chi connectivity index (χ0n) is 7.97. The molecule has 1 aromatic rings. The number of rotatable bonds is 4. The SMILES string of the molecule is N#Cc1ccccc1NCCS(N)(=O)=O. The van der Waals surface area contributed by atoms with Gasteiger partial charge in [-0.15, -0.1) is 0 Å². The molecule has 0 aliphatic rings. The normalized spacial score (nSPS) is 10.7. The van der Waals surface area contributed by atoms with Gasteiger partial charge in [-0.3, -0.25) is 0 Å². The highest BCUT2D eigenvalue weighted by atomic mass is 32.2. The van der Waals surface area contributed by atoms with Gasteiger partial charge in [-0.2, -0.15) is 5.26 Å². The van der Waals surface area contributed by atoms with E-state index in [2.05, 4.69) is 5.32 Å². The Balaban J connectivity index is 2.63. The molecule has 0 spiro atoms. The van der Waals surface area contributed by atoms with Crippen molar-refractivity contribution in [2.75, 3.05) is 17.6 Å². The maximum absolute atomic E-state index is 10.6. The summed E-state index contributed by atoms with van der Waals surface area (Å²) in [6.07, 6.45) is 0. The standard InChI is InChI=1S/C9H11N3O2S/c10-7-8-3-1-2-4-9(8)12-5-6-15(11,13)14/h1-4,12H,5-6H2,(H2,11,13,14). The molecule has 0 aliphatic heterocycles. The molecule has 0 atom stereocenters. The number of anilines is 1. The van der Waals surface area contributed by atoms with Crippen molar-refractivity contribution in [2.45, 2.75) is 0 Å². The molecule has 0 saturated carbocycles. The van der Waals surface area contributed by atoms with E-state index in [-0.39, 0.29) is 12.3 Å². The van der Waals surface area contributed by atoms with E-state index >= 15 is 0 Å². The summed E-state index contributed by atoms with van der Waals surface area (Å²) in [4.78, 5) is 0. The fourth-order valence-corrected chi connectivity index (χ4v) is 1.45. The summed E-state index contributed by atoms with van der Waals surface area (Å²) in [6, 6.07) is 8.87. The van der Waals surface area contributed by atoms with Crippen LogP contribution in [0.1, 0.15) is 5.56 Å². The Morgan fingerprint density at radius 1 is 1.40 bits per heavy atom. The average Bonchev–Trinajstić information content (AvgIpc) is 2.16. The van der Waals surface area contributed by atoms with Crippen LogP contribution in [0, 0.1) is 11.3 Å². The van der Waals surface area contributed by atoms with Crippen LogP contribution in [0.3, 0.4) is 0 Å². The largest absolute Gasteiger partial charge is 0.383 e. The molecule has 0 bridgehead atoms. The monoisotopic (exact) mass is 225 g/mol. The van der Waals surface area contributed by atoms with E-state index < -0.39 is 10.0 Å². The van der Waals surface area contributed by atoms with E-state index in [9.17, 15) is 8.42 Å². The second kappa shape index (κ2) is 4.77. The highest BCUT2D eigenvalue weighted by Crippen LogP contribution is 2.12. The summed E-state index contributed by atoms with van der Waals surface area (Å²) >= 11 is 0. The third-order valence-corrected chi connectivity index (χ3v) is 2.52. The van der Waals surface area contributed by atoms with Gasteiger partial charge in [-0.25, -0.2) is 13.6 Å². The number of nitriles is 1.